The van der Waals surface area contributed by atoms with Gasteiger partial charge in [0.15, 0.2) is 0 Å². The van der Waals surface area contributed by atoms with E-state index in [-0.39, 0.29) is 36.9 Å². The van der Waals surface area contributed by atoms with Gasteiger partial charge in [-0.1, -0.05) is 6.42 Å². The fourth-order valence-electron chi connectivity index (χ4n) is 4.91. The van der Waals surface area contributed by atoms with E-state index in [1.54, 1.807) is 0 Å². The van der Waals surface area contributed by atoms with Crippen molar-refractivity contribution in [1.29, 1.82) is 0 Å². The molecule has 148 valence electrons. The van der Waals surface area contributed by atoms with Gasteiger partial charge in [0.25, 0.3) is 0 Å². The van der Waals surface area contributed by atoms with Crippen LogP contribution in [-0.4, -0.2) is 48.6 Å². The van der Waals surface area contributed by atoms with Gasteiger partial charge >= 0.3 is 12.1 Å². The first-order chi connectivity index (χ1) is 12.3. The van der Waals surface area contributed by atoms with E-state index in [1.807, 2.05) is 0 Å². The van der Waals surface area contributed by atoms with Crippen molar-refractivity contribution in [3.8, 4) is 0 Å². The van der Waals surface area contributed by atoms with E-state index in [1.165, 1.54) is 6.42 Å². The Balaban J connectivity index is 1.41. The summed E-state index contributed by atoms with van der Waals surface area (Å²) >= 11 is 0. The molecule has 1 aliphatic heterocycles. The second-order valence-electron chi connectivity index (χ2n) is 8.18. The van der Waals surface area contributed by atoms with Crippen LogP contribution in [0.15, 0.2) is 0 Å². The van der Waals surface area contributed by atoms with Gasteiger partial charge in [0.2, 0.25) is 5.91 Å². The summed E-state index contributed by atoms with van der Waals surface area (Å²) in [5.74, 6) is -0.684. The maximum Gasteiger partial charge on any atom is 0.471 e. The molecule has 0 aromatic rings. The number of hydrogen-bond acceptors (Lipinski definition) is 3. The lowest BCUT2D eigenvalue weighted by molar-refractivity contribution is -0.186. The molecule has 2 unspecified atom stereocenters. The summed E-state index contributed by atoms with van der Waals surface area (Å²) in [6.07, 6.45) is 1.28. The quantitative estimate of drug-likeness (QED) is 0.793. The zero-order chi connectivity index (χ0) is 18.9. The first-order valence-corrected chi connectivity index (χ1v) is 9.65. The monoisotopic (exact) mass is 375 g/mol. The van der Waals surface area contributed by atoms with Gasteiger partial charge in [-0.05, 0) is 56.3 Å². The third-order valence-electron chi connectivity index (χ3n) is 6.49. The summed E-state index contributed by atoms with van der Waals surface area (Å²) < 4.78 is 37.4. The highest BCUT2D eigenvalue weighted by Gasteiger charge is 2.43. The molecule has 2 saturated carbocycles. The van der Waals surface area contributed by atoms with Gasteiger partial charge in [-0.3, -0.25) is 9.59 Å². The van der Waals surface area contributed by atoms with E-state index in [0.29, 0.717) is 31.2 Å². The van der Waals surface area contributed by atoms with Crippen LogP contribution in [-0.2, 0) is 9.59 Å². The number of halogens is 3. The zero-order valence-electron chi connectivity index (χ0n) is 14.9. The van der Waals surface area contributed by atoms with Gasteiger partial charge in [-0.25, -0.2) is 0 Å². The summed E-state index contributed by atoms with van der Waals surface area (Å²) in [6, 6.07) is 0.225. The second-order valence-corrected chi connectivity index (χ2v) is 8.18. The van der Waals surface area contributed by atoms with Crippen LogP contribution in [0.1, 0.15) is 44.9 Å². The minimum atomic E-state index is -4.80. The van der Waals surface area contributed by atoms with Crippen LogP contribution in [0.5, 0.6) is 0 Å². The van der Waals surface area contributed by atoms with Crippen LogP contribution in [0.4, 0.5) is 13.2 Å². The first kappa shape index (κ1) is 19.5. The fraction of sp³-hybridized carbons (Fsp3) is 0.889. The van der Waals surface area contributed by atoms with Gasteiger partial charge in [0.1, 0.15) is 0 Å². The van der Waals surface area contributed by atoms with Crippen LogP contribution < -0.4 is 11.1 Å². The Morgan fingerprint density at radius 2 is 1.62 bits per heavy atom. The molecule has 2 aliphatic carbocycles. The van der Waals surface area contributed by atoms with Crippen molar-refractivity contribution in [2.45, 2.75) is 57.2 Å². The van der Waals surface area contributed by atoms with E-state index in [4.69, 9.17) is 5.73 Å². The van der Waals surface area contributed by atoms with E-state index in [2.05, 4.69) is 5.32 Å². The molecule has 2 atom stereocenters. The number of carbonyl (C=O) groups is 2. The number of amides is 2. The average Bonchev–Trinajstić information content (AvgIpc) is 2.58. The lowest BCUT2D eigenvalue weighted by atomic mass is 9.65. The predicted octanol–water partition coefficient (Wildman–Crippen LogP) is 2.06. The standard InChI is InChI=1S/C18H28F3N3O2/c19-18(20,21)17(26)24-6-4-11(5-7-24)10-23-16(25)14-8-12-2-1-3-13(9-14)15(12)22/h11-15H,1-10,22H2,(H,23,25). The van der Waals surface area contributed by atoms with Crippen LogP contribution in [0.3, 0.4) is 0 Å². The number of nitrogens with one attached hydrogen (secondary N) is 1. The normalized spacial score (nSPS) is 33.0. The van der Waals surface area contributed by atoms with Crippen molar-refractivity contribution in [3.63, 3.8) is 0 Å². The van der Waals surface area contributed by atoms with Crippen molar-refractivity contribution in [2.24, 2.45) is 29.4 Å². The van der Waals surface area contributed by atoms with E-state index >= 15 is 0 Å². The van der Waals surface area contributed by atoms with Crippen molar-refractivity contribution in [2.75, 3.05) is 19.6 Å². The SMILES string of the molecule is NC1C2CCCC1CC(C(=O)NCC1CCN(C(=O)C(F)(F)F)CC1)C2. The molecule has 3 N–H and O–H groups in total. The van der Waals surface area contributed by atoms with Crippen molar-refractivity contribution in [1.82, 2.24) is 10.2 Å². The highest BCUT2D eigenvalue weighted by atomic mass is 19.4. The predicted molar refractivity (Wildman–Crippen MR) is 89.9 cm³/mol. The molecule has 5 nitrogen and oxygen atoms in total. The van der Waals surface area contributed by atoms with Gasteiger partial charge in [-0.2, -0.15) is 13.2 Å². The molecule has 0 spiro atoms. The van der Waals surface area contributed by atoms with Crippen molar-refractivity contribution in [3.05, 3.63) is 0 Å². The Labute approximate surface area is 151 Å². The number of nitrogens with two attached hydrogens (primary N) is 1. The maximum atomic E-state index is 12.5. The van der Waals surface area contributed by atoms with Crippen molar-refractivity contribution >= 4 is 11.8 Å². The van der Waals surface area contributed by atoms with Crippen LogP contribution >= 0.6 is 0 Å². The molecule has 1 saturated heterocycles. The number of carbonyl (C=O) groups excluding carboxylic acids is 2. The van der Waals surface area contributed by atoms with Crippen LogP contribution in [0.2, 0.25) is 0 Å². The number of fused-ring (bicyclic) bond motifs is 2. The molecule has 3 rings (SSSR count). The van der Waals surface area contributed by atoms with Gasteiger partial charge in [-0.15, -0.1) is 0 Å². The van der Waals surface area contributed by atoms with Gasteiger partial charge in [0, 0.05) is 31.6 Å². The minimum Gasteiger partial charge on any atom is -0.356 e. The van der Waals surface area contributed by atoms with Crippen molar-refractivity contribution < 1.29 is 22.8 Å². The number of hydrogen-bond donors (Lipinski definition) is 2. The highest BCUT2D eigenvalue weighted by Crippen LogP contribution is 2.41. The van der Waals surface area contributed by atoms with Crippen LogP contribution in [0, 0.1) is 23.7 Å². The maximum absolute atomic E-state index is 12.5. The zero-order valence-corrected chi connectivity index (χ0v) is 14.9. The van der Waals surface area contributed by atoms with Crippen LogP contribution in [0.25, 0.3) is 0 Å². The number of rotatable bonds is 3. The molecule has 2 bridgehead atoms. The molecule has 0 aromatic carbocycles. The summed E-state index contributed by atoms with van der Waals surface area (Å²) in [5, 5.41) is 3.00. The Morgan fingerprint density at radius 1 is 1.04 bits per heavy atom. The smallest absolute Gasteiger partial charge is 0.356 e. The number of piperidine rings is 1. The van der Waals surface area contributed by atoms with E-state index in [9.17, 15) is 22.8 Å². The summed E-state index contributed by atoms with van der Waals surface area (Å²) in [4.78, 5) is 24.6. The third-order valence-corrected chi connectivity index (χ3v) is 6.49. The minimum absolute atomic E-state index is 0.0111. The first-order valence-electron chi connectivity index (χ1n) is 9.65. The van der Waals surface area contributed by atoms with E-state index in [0.717, 1.165) is 30.6 Å². The molecule has 0 aromatic heterocycles. The molecular weight excluding hydrogens is 347 g/mol. The average molecular weight is 375 g/mol. The molecule has 3 fully saturated rings. The molecular formula is C18H28F3N3O2. The largest absolute Gasteiger partial charge is 0.471 e. The number of nitrogens with zero attached hydrogens (tertiary/aromatic N) is 1. The third kappa shape index (κ3) is 4.32. The molecule has 2 amide bonds. The number of likely N-dealkylation sites (tertiary alicyclic amines) is 1. The Hall–Kier alpha value is -1.31. The Bertz CT molecular complexity index is 518. The highest BCUT2D eigenvalue weighted by molar-refractivity contribution is 5.82. The molecule has 26 heavy (non-hydrogen) atoms. The second kappa shape index (κ2) is 7.74. The lowest BCUT2D eigenvalue weighted by Crippen LogP contribution is -2.50. The molecule has 1 heterocycles. The fourth-order valence-corrected chi connectivity index (χ4v) is 4.91. The van der Waals surface area contributed by atoms with Gasteiger partial charge < -0.3 is 16.0 Å². The number of alkyl halides is 3. The Kier molecular flexibility index (Phi) is 5.79. The van der Waals surface area contributed by atoms with E-state index < -0.39 is 12.1 Å². The molecule has 8 heteroatoms. The Morgan fingerprint density at radius 3 is 2.15 bits per heavy atom. The summed E-state index contributed by atoms with van der Waals surface area (Å²) in [5.41, 5.74) is 6.26. The lowest BCUT2D eigenvalue weighted by Gasteiger charge is -2.43. The molecule has 3 aliphatic rings. The summed E-state index contributed by atoms with van der Waals surface area (Å²) in [6.45, 7) is 0.674. The van der Waals surface area contributed by atoms with Gasteiger partial charge in [0.05, 0.1) is 0 Å². The summed E-state index contributed by atoms with van der Waals surface area (Å²) in [7, 11) is 0. The topological polar surface area (TPSA) is 75.4 Å². The molecule has 0 radical (unpaired) electrons.